The van der Waals surface area contributed by atoms with Gasteiger partial charge in [-0.25, -0.2) is 20.0 Å². The van der Waals surface area contributed by atoms with E-state index in [1.807, 2.05) is 45.3 Å². The largest absolute Gasteiger partial charge is 0.360 e. The van der Waals surface area contributed by atoms with Gasteiger partial charge in [0, 0.05) is 17.5 Å². The Balaban J connectivity index is 1.96. The number of amides is 1. The Morgan fingerprint density at radius 3 is 2.53 bits per heavy atom. The molecule has 8 nitrogen and oxygen atoms in total. The smallest absolute Gasteiger partial charge is 0.255 e. The normalized spacial score (nSPS) is 12.9. The van der Waals surface area contributed by atoms with Gasteiger partial charge in [0.2, 0.25) is 0 Å². The fraction of sp³-hybridized carbons (Fsp3) is 0.545. The van der Waals surface area contributed by atoms with E-state index >= 15 is 0 Å². The van der Waals surface area contributed by atoms with Crippen LogP contribution in [0.5, 0.6) is 0 Å². The fourth-order valence-electron chi connectivity index (χ4n) is 2.97. The standard InChI is InChI=1S/C22H34N6O2S2/c1-14-11-17(31-27-14)24-19-15(2)23-20-18(25-19)16(21(29)26-22(3,4)5)12-28(20)13-30-9-10-32(6,7)8/h11-12H,9-10,13H2,1-8H3,(H,24,25)(H,26,29). The molecule has 32 heavy (non-hydrogen) atoms. The Hall–Kier alpha value is -2.17. The zero-order valence-corrected chi connectivity index (χ0v) is 21.8. The molecule has 0 aromatic carbocycles. The third-order valence-corrected chi connectivity index (χ3v) is 6.72. The summed E-state index contributed by atoms with van der Waals surface area (Å²) >= 11 is 1.37. The van der Waals surface area contributed by atoms with Crippen LogP contribution in [0.2, 0.25) is 0 Å². The van der Waals surface area contributed by atoms with Crippen molar-refractivity contribution in [3.63, 3.8) is 0 Å². The number of aryl methyl sites for hydroxylation is 2. The highest BCUT2D eigenvalue weighted by atomic mass is 32.3. The second kappa shape index (κ2) is 9.36. The van der Waals surface area contributed by atoms with Crippen LogP contribution in [0.3, 0.4) is 0 Å². The number of ether oxygens (including phenoxy) is 1. The molecule has 0 aliphatic carbocycles. The molecule has 0 aliphatic heterocycles. The van der Waals surface area contributed by atoms with Crippen molar-refractivity contribution in [2.75, 3.05) is 36.4 Å². The Morgan fingerprint density at radius 1 is 1.22 bits per heavy atom. The number of rotatable bonds is 8. The van der Waals surface area contributed by atoms with Gasteiger partial charge in [-0.2, -0.15) is 4.37 Å². The molecule has 0 radical (unpaired) electrons. The average molecular weight is 479 g/mol. The molecule has 0 atom stereocenters. The molecule has 0 aliphatic rings. The molecular formula is C22H34N6O2S2. The van der Waals surface area contributed by atoms with E-state index in [1.54, 1.807) is 6.20 Å². The van der Waals surface area contributed by atoms with Gasteiger partial charge in [-0.05, 0) is 71.0 Å². The quantitative estimate of drug-likeness (QED) is 0.465. The van der Waals surface area contributed by atoms with Crippen LogP contribution in [0.15, 0.2) is 12.3 Å². The molecule has 3 heterocycles. The van der Waals surface area contributed by atoms with Gasteiger partial charge in [0.25, 0.3) is 5.91 Å². The van der Waals surface area contributed by atoms with Crippen molar-refractivity contribution in [1.82, 2.24) is 24.2 Å². The summed E-state index contributed by atoms with van der Waals surface area (Å²) in [7, 11) is -0.629. The van der Waals surface area contributed by atoms with Gasteiger partial charge < -0.3 is 19.9 Å². The predicted octanol–water partition coefficient (Wildman–Crippen LogP) is 4.44. The molecule has 10 heteroatoms. The number of fused-ring (bicyclic) bond motifs is 1. The third-order valence-electron chi connectivity index (χ3n) is 4.54. The Morgan fingerprint density at radius 2 is 1.94 bits per heavy atom. The molecule has 2 N–H and O–H groups in total. The first kappa shape index (κ1) is 24.5. The lowest BCUT2D eigenvalue weighted by molar-refractivity contribution is 0.0901. The van der Waals surface area contributed by atoms with Crippen molar-refractivity contribution in [2.45, 2.75) is 46.9 Å². The number of hydrogen-bond donors (Lipinski definition) is 2. The van der Waals surface area contributed by atoms with Gasteiger partial charge in [0.05, 0.1) is 23.6 Å². The lowest BCUT2D eigenvalue weighted by atomic mass is 10.1. The fourth-order valence-corrected chi connectivity index (χ4v) is 4.25. The molecule has 3 aromatic rings. The maximum Gasteiger partial charge on any atom is 0.255 e. The van der Waals surface area contributed by atoms with E-state index in [2.05, 4.69) is 33.8 Å². The van der Waals surface area contributed by atoms with Gasteiger partial charge in [-0.1, -0.05) is 0 Å². The van der Waals surface area contributed by atoms with Crippen LogP contribution < -0.4 is 10.6 Å². The van der Waals surface area contributed by atoms with Crippen molar-refractivity contribution in [1.29, 1.82) is 0 Å². The summed E-state index contributed by atoms with van der Waals surface area (Å²) in [6.45, 7) is 10.7. The molecule has 0 unspecified atom stereocenters. The first-order valence-corrected chi connectivity index (χ1v) is 14.3. The zero-order valence-electron chi connectivity index (χ0n) is 20.2. The minimum Gasteiger partial charge on any atom is -0.360 e. The van der Waals surface area contributed by atoms with E-state index in [0.717, 1.165) is 22.1 Å². The third kappa shape index (κ3) is 6.43. The van der Waals surface area contributed by atoms with Crippen molar-refractivity contribution >= 4 is 49.5 Å². The highest BCUT2D eigenvalue weighted by Gasteiger charge is 2.23. The van der Waals surface area contributed by atoms with E-state index in [1.165, 1.54) is 11.5 Å². The monoisotopic (exact) mass is 478 g/mol. The minimum atomic E-state index is -0.629. The number of nitrogens with one attached hydrogen (secondary N) is 2. The van der Waals surface area contributed by atoms with E-state index in [9.17, 15) is 4.79 Å². The molecule has 0 spiro atoms. The molecular weight excluding hydrogens is 444 g/mol. The lowest BCUT2D eigenvalue weighted by Gasteiger charge is -2.24. The van der Waals surface area contributed by atoms with E-state index in [-0.39, 0.29) is 11.4 Å². The topological polar surface area (TPSA) is 94.0 Å². The Bertz CT molecular complexity index is 1110. The lowest BCUT2D eigenvalue weighted by Crippen LogP contribution is -2.40. The molecule has 0 bridgehead atoms. The average Bonchev–Trinajstić information content (AvgIpc) is 3.20. The molecule has 0 saturated carbocycles. The van der Waals surface area contributed by atoms with Gasteiger partial charge in [-0.3, -0.25) is 4.79 Å². The van der Waals surface area contributed by atoms with Crippen LogP contribution in [0, 0.1) is 13.8 Å². The van der Waals surface area contributed by atoms with Crippen molar-refractivity contribution in [3.8, 4) is 0 Å². The van der Waals surface area contributed by atoms with Crippen LogP contribution in [-0.2, 0) is 11.5 Å². The predicted molar refractivity (Wildman–Crippen MR) is 136 cm³/mol. The first-order chi connectivity index (χ1) is 14.8. The van der Waals surface area contributed by atoms with Gasteiger partial charge in [0.15, 0.2) is 11.5 Å². The molecule has 1 amide bonds. The number of carbonyl (C=O) groups excluding carboxylic acids is 1. The number of carbonyl (C=O) groups is 1. The highest BCUT2D eigenvalue weighted by molar-refractivity contribution is 8.32. The van der Waals surface area contributed by atoms with Crippen LogP contribution >= 0.6 is 21.6 Å². The van der Waals surface area contributed by atoms with E-state index in [4.69, 9.17) is 14.7 Å². The molecule has 3 rings (SSSR count). The summed E-state index contributed by atoms with van der Waals surface area (Å²) in [6, 6.07) is 1.96. The summed E-state index contributed by atoms with van der Waals surface area (Å²) in [4.78, 5) is 22.6. The number of hydrogen-bond acceptors (Lipinski definition) is 7. The van der Waals surface area contributed by atoms with Gasteiger partial charge in [-0.15, -0.1) is 0 Å². The summed E-state index contributed by atoms with van der Waals surface area (Å²) in [5, 5.41) is 7.20. The zero-order chi connectivity index (χ0) is 23.7. The van der Waals surface area contributed by atoms with Gasteiger partial charge in [0.1, 0.15) is 17.2 Å². The van der Waals surface area contributed by atoms with Crippen LogP contribution in [0.25, 0.3) is 11.2 Å². The summed E-state index contributed by atoms with van der Waals surface area (Å²) in [5.41, 5.74) is 2.98. The number of aromatic nitrogens is 4. The molecule has 3 aromatic heterocycles. The Labute approximate surface area is 195 Å². The molecule has 176 valence electrons. The molecule has 0 saturated heterocycles. The van der Waals surface area contributed by atoms with E-state index < -0.39 is 10.0 Å². The Kier molecular flexibility index (Phi) is 7.16. The van der Waals surface area contributed by atoms with Gasteiger partial charge >= 0.3 is 0 Å². The second-order valence-corrected chi connectivity index (χ2v) is 15.2. The van der Waals surface area contributed by atoms with Crippen molar-refractivity contribution < 1.29 is 9.53 Å². The van der Waals surface area contributed by atoms with E-state index in [0.29, 0.717) is 35.9 Å². The van der Waals surface area contributed by atoms with Crippen LogP contribution in [-0.4, -0.2) is 61.5 Å². The van der Waals surface area contributed by atoms with Crippen molar-refractivity contribution in [2.24, 2.45) is 0 Å². The summed E-state index contributed by atoms with van der Waals surface area (Å²) in [5.74, 6) is 1.45. The molecule has 0 fully saturated rings. The number of nitrogens with zero attached hydrogens (tertiary/aromatic N) is 4. The van der Waals surface area contributed by atoms with Crippen molar-refractivity contribution in [3.05, 3.63) is 29.2 Å². The SMILES string of the molecule is Cc1cc(Nc2nc3c(C(=O)NC(C)(C)C)cn(COCCS(C)(C)C)c3nc2C)sn1. The number of anilines is 2. The minimum absolute atomic E-state index is 0.182. The highest BCUT2D eigenvalue weighted by Crippen LogP contribution is 2.33. The van der Waals surface area contributed by atoms with Crippen LogP contribution in [0.1, 0.15) is 42.5 Å². The first-order valence-electron chi connectivity index (χ1n) is 10.5. The van der Waals surface area contributed by atoms with Crippen LogP contribution in [0.4, 0.5) is 10.8 Å². The summed E-state index contributed by atoms with van der Waals surface area (Å²) < 4.78 is 12.1. The maximum atomic E-state index is 13.0. The summed E-state index contributed by atoms with van der Waals surface area (Å²) in [6.07, 6.45) is 8.59. The second-order valence-electron chi connectivity index (χ2n) is 9.84. The maximum absolute atomic E-state index is 13.0.